The van der Waals surface area contributed by atoms with Crippen LogP contribution in [0.5, 0.6) is 0 Å². The Kier molecular flexibility index (Phi) is 9.20. The molecule has 0 amide bonds. The largest absolute Gasteiger partial charge is 0.457 e. The first kappa shape index (κ1) is 30.3. The number of nitriles is 1. The molecule has 0 spiro atoms. The van der Waals surface area contributed by atoms with Crippen LogP contribution in [0.25, 0.3) is 17.0 Å². The molecule has 224 valence electrons. The summed E-state index contributed by atoms with van der Waals surface area (Å²) in [6.07, 6.45) is 11.2. The SMILES string of the molecule is [C-]#[N+]C(C#N)=C1C=C(C=Cc2ccc(N(CC)CC)cc2)OC(C=Cc2ccc(N3c4ccccc4Sc4ccccc43)cc2)=C1. The molecular weight excluding hydrogens is 585 g/mol. The third kappa shape index (κ3) is 6.54. The van der Waals surface area contributed by atoms with Gasteiger partial charge in [0, 0.05) is 34.3 Å². The van der Waals surface area contributed by atoms with Crippen molar-refractivity contribution < 1.29 is 4.74 Å². The van der Waals surface area contributed by atoms with E-state index < -0.39 is 0 Å². The van der Waals surface area contributed by atoms with Gasteiger partial charge in [-0.3, -0.25) is 0 Å². The highest BCUT2D eigenvalue weighted by molar-refractivity contribution is 7.99. The van der Waals surface area contributed by atoms with E-state index >= 15 is 0 Å². The van der Waals surface area contributed by atoms with Crippen LogP contribution in [0, 0.1) is 17.9 Å². The Morgan fingerprint density at radius 1 is 0.783 bits per heavy atom. The molecular formula is C40H32N4OS. The van der Waals surface area contributed by atoms with Gasteiger partial charge in [0.25, 0.3) is 5.70 Å². The van der Waals surface area contributed by atoms with Crippen molar-refractivity contribution in [1.29, 1.82) is 5.26 Å². The Balaban J connectivity index is 1.22. The van der Waals surface area contributed by atoms with Gasteiger partial charge in [-0.1, -0.05) is 72.4 Å². The van der Waals surface area contributed by atoms with Gasteiger partial charge in [-0.15, -0.1) is 0 Å². The smallest absolute Gasteiger partial charge is 0.269 e. The molecule has 2 aliphatic rings. The lowest BCUT2D eigenvalue weighted by Crippen LogP contribution is -2.21. The number of rotatable bonds is 8. The first-order chi connectivity index (χ1) is 22.6. The Morgan fingerprint density at radius 3 is 1.80 bits per heavy atom. The van der Waals surface area contributed by atoms with Crippen molar-refractivity contribution >= 4 is 46.7 Å². The molecule has 0 fully saturated rings. The molecule has 0 radical (unpaired) electrons. The van der Waals surface area contributed by atoms with Gasteiger partial charge in [0.15, 0.2) is 0 Å². The van der Waals surface area contributed by atoms with Gasteiger partial charge in [-0.05, 0) is 103 Å². The molecule has 2 aliphatic heterocycles. The van der Waals surface area contributed by atoms with Gasteiger partial charge in [0.05, 0.1) is 24.0 Å². The Hall–Kier alpha value is -5.69. The molecule has 6 heteroatoms. The number of hydrogen-bond acceptors (Lipinski definition) is 5. The second-order valence-electron chi connectivity index (χ2n) is 10.6. The van der Waals surface area contributed by atoms with Gasteiger partial charge in [0.2, 0.25) is 0 Å². The van der Waals surface area contributed by atoms with E-state index in [1.165, 1.54) is 15.5 Å². The summed E-state index contributed by atoms with van der Waals surface area (Å²) in [5, 5.41) is 9.57. The molecule has 0 N–H and O–H groups in total. The minimum atomic E-state index is 0.0216. The van der Waals surface area contributed by atoms with Gasteiger partial charge in [-0.25, -0.2) is 10.1 Å². The third-order valence-corrected chi connectivity index (χ3v) is 8.94. The number of allylic oxidation sites excluding steroid dienone is 6. The minimum Gasteiger partial charge on any atom is -0.457 e. The van der Waals surface area contributed by atoms with Crippen LogP contribution < -0.4 is 9.80 Å². The maximum atomic E-state index is 9.57. The van der Waals surface area contributed by atoms with Crippen LogP contribution in [0.2, 0.25) is 0 Å². The topological polar surface area (TPSA) is 43.9 Å². The van der Waals surface area contributed by atoms with E-state index in [0.717, 1.165) is 41.3 Å². The van der Waals surface area contributed by atoms with Gasteiger partial charge in [-0.2, -0.15) is 0 Å². The van der Waals surface area contributed by atoms with Crippen LogP contribution in [-0.2, 0) is 4.74 Å². The highest BCUT2D eigenvalue weighted by atomic mass is 32.2. The van der Waals surface area contributed by atoms with Crippen LogP contribution in [0.4, 0.5) is 22.7 Å². The highest BCUT2D eigenvalue weighted by Gasteiger charge is 2.24. The lowest BCUT2D eigenvalue weighted by atomic mass is 10.1. The quantitative estimate of drug-likeness (QED) is 0.128. The normalized spacial score (nSPS) is 14.8. The first-order valence-corrected chi connectivity index (χ1v) is 16.0. The Labute approximate surface area is 275 Å². The number of para-hydroxylation sites is 2. The van der Waals surface area contributed by atoms with E-state index in [1.807, 2.05) is 30.4 Å². The zero-order valence-corrected chi connectivity index (χ0v) is 26.5. The molecule has 0 saturated carbocycles. The zero-order chi connectivity index (χ0) is 31.9. The van der Waals surface area contributed by atoms with E-state index in [2.05, 4.69) is 126 Å². The van der Waals surface area contributed by atoms with E-state index in [4.69, 9.17) is 11.3 Å². The molecule has 0 unspecified atom stereocenters. The number of nitrogens with zero attached hydrogens (tertiary/aromatic N) is 4. The summed E-state index contributed by atoms with van der Waals surface area (Å²) in [4.78, 5) is 10.5. The second kappa shape index (κ2) is 13.9. The summed E-state index contributed by atoms with van der Waals surface area (Å²) in [5.41, 5.74) is 7.16. The number of hydrogen-bond donors (Lipinski definition) is 0. The highest BCUT2D eigenvalue weighted by Crippen LogP contribution is 2.51. The van der Waals surface area contributed by atoms with Crippen molar-refractivity contribution in [3.05, 3.63) is 167 Å². The van der Waals surface area contributed by atoms with E-state index in [-0.39, 0.29) is 5.70 Å². The summed E-state index contributed by atoms with van der Waals surface area (Å²) in [6, 6.07) is 35.7. The standard InChI is InChI=1S/C40H32N4OS/c1-4-43(5-2)32-20-14-29(15-21-32)18-24-34-26-31(36(28-41)42-3)27-35(45-34)25-19-30-16-22-33(23-17-30)44-37-10-6-8-12-39(37)46-40-13-9-7-11-38(40)44/h6-27H,4-5H2,1-2H3. The predicted molar refractivity (Wildman–Crippen MR) is 190 cm³/mol. The fourth-order valence-electron chi connectivity index (χ4n) is 5.46. The van der Waals surface area contributed by atoms with E-state index in [0.29, 0.717) is 17.1 Å². The van der Waals surface area contributed by atoms with Crippen molar-refractivity contribution in [3.63, 3.8) is 0 Å². The van der Waals surface area contributed by atoms with Crippen molar-refractivity contribution in [2.75, 3.05) is 22.9 Å². The fourth-order valence-corrected chi connectivity index (χ4v) is 6.52. The van der Waals surface area contributed by atoms with Crippen molar-refractivity contribution in [1.82, 2.24) is 0 Å². The molecule has 2 heterocycles. The second-order valence-corrected chi connectivity index (χ2v) is 11.7. The van der Waals surface area contributed by atoms with E-state index in [9.17, 15) is 5.26 Å². The molecule has 4 aromatic carbocycles. The van der Waals surface area contributed by atoms with Gasteiger partial charge >= 0.3 is 0 Å². The molecule has 0 atom stereocenters. The zero-order valence-electron chi connectivity index (χ0n) is 25.7. The fraction of sp³-hybridized carbons (Fsp3) is 0.100. The third-order valence-electron chi connectivity index (χ3n) is 7.81. The first-order valence-electron chi connectivity index (χ1n) is 15.2. The Morgan fingerprint density at radius 2 is 1.30 bits per heavy atom. The van der Waals surface area contributed by atoms with Crippen LogP contribution >= 0.6 is 11.8 Å². The number of anilines is 4. The summed E-state index contributed by atoms with van der Waals surface area (Å²) in [5.74, 6) is 1.10. The summed E-state index contributed by atoms with van der Waals surface area (Å²) in [7, 11) is 0. The summed E-state index contributed by atoms with van der Waals surface area (Å²) >= 11 is 1.79. The number of benzene rings is 4. The molecule has 0 saturated heterocycles. The molecule has 4 aromatic rings. The van der Waals surface area contributed by atoms with Crippen LogP contribution in [-0.4, -0.2) is 13.1 Å². The minimum absolute atomic E-state index is 0.0216. The summed E-state index contributed by atoms with van der Waals surface area (Å²) < 4.78 is 6.18. The average molecular weight is 617 g/mol. The average Bonchev–Trinajstić information content (AvgIpc) is 3.10. The van der Waals surface area contributed by atoms with Crippen molar-refractivity contribution in [2.45, 2.75) is 23.6 Å². The maximum absolute atomic E-state index is 9.57. The van der Waals surface area contributed by atoms with Crippen molar-refractivity contribution in [2.24, 2.45) is 0 Å². The van der Waals surface area contributed by atoms with Gasteiger partial charge in [0.1, 0.15) is 11.5 Å². The molecule has 5 nitrogen and oxygen atoms in total. The number of fused-ring (bicyclic) bond motifs is 2. The Bertz CT molecular complexity index is 1920. The molecule has 46 heavy (non-hydrogen) atoms. The predicted octanol–water partition coefficient (Wildman–Crippen LogP) is 10.7. The lowest BCUT2D eigenvalue weighted by molar-refractivity contribution is 0.332. The van der Waals surface area contributed by atoms with Crippen LogP contribution in [0.15, 0.2) is 154 Å². The van der Waals surface area contributed by atoms with Crippen LogP contribution in [0.1, 0.15) is 25.0 Å². The molecule has 0 aliphatic carbocycles. The molecule has 6 rings (SSSR count). The van der Waals surface area contributed by atoms with E-state index in [1.54, 1.807) is 23.9 Å². The monoisotopic (exact) mass is 616 g/mol. The number of ether oxygens (including phenoxy) is 1. The maximum Gasteiger partial charge on any atom is 0.269 e. The van der Waals surface area contributed by atoms with Crippen molar-refractivity contribution in [3.8, 4) is 6.07 Å². The van der Waals surface area contributed by atoms with Gasteiger partial charge < -0.3 is 14.5 Å². The molecule has 0 bridgehead atoms. The summed E-state index contributed by atoms with van der Waals surface area (Å²) in [6.45, 7) is 13.7. The lowest BCUT2D eigenvalue weighted by Gasteiger charge is -2.32. The van der Waals surface area contributed by atoms with Crippen LogP contribution in [0.3, 0.4) is 0 Å². The molecule has 0 aromatic heterocycles.